The van der Waals surface area contributed by atoms with Crippen LogP contribution >= 0.6 is 0 Å². The minimum absolute atomic E-state index is 0.0755. The molecule has 0 fully saturated rings. The Morgan fingerprint density at radius 3 is 2.58 bits per heavy atom. The minimum Gasteiger partial charge on any atom is -0.479 e. The van der Waals surface area contributed by atoms with E-state index in [9.17, 15) is 18.0 Å². The van der Waals surface area contributed by atoms with Crippen molar-refractivity contribution in [3.63, 3.8) is 0 Å². The first-order valence-corrected chi connectivity index (χ1v) is 7.45. The number of furan rings is 1. The zero-order valence-corrected chi connectivity index (χ0v) is 14.0. The van der Waals surface area contributed by atoms with E-state index in [1.807, 2.05) is 0 Å². The SMILES string of the molecule is Cc1cc(-c2nn(C)c3nc(OCC(=O)O)cc(C(F)(F)F)c23)c(C)o1. The number of aromatic nitrogens is 3. The van der Waals surface area contributed by atoms with Crippen molar-refractivity contribution >= 4 is 17.0 Å². The lowest BCUT2D eigenvalue weighted by atomic mass is 10.1. The quantitative estimate of drug-likeness (QED) is 0.759. The average Bonchev–Trinajstić information content (AvgIpc) is 3.03. The molecule has 3 rings (SSSR count). The summed E-state index contributed by atoms with van der Waals surface area (Å²) in [6.07, 6.45) is -4.72. The van der Waals surface area contributed by atoms with Crippen LogP contribution in [0.5, 0.6) is 5.88 Å². The van der Waals surface area contributed by atoms with Crippen LogP contribution in [0.2, 0.25) is 0 Å². The summed E-state index contributed by atoms with van der Waals surface area (Å²) in [5.74, 6) is -0.793. The number of ether oxygens (including phenoxy) is 1. The van der Waals surface area contributed by atoms with E-state index in [4.69, 9.17) is 14.3 Å². The third-order valence-electron chi connectivity index (χ3n) is 3.72. The van der Waals surface area contributed by atoms with Gasteiger partial charge in [-0.15, -0.1) is 0 Å². The van der Waals surface area contributed by atoms with Crippen molar-refractivity contribution in [3.05, 3.63) is 29.2 Å². The molecule has 3 aromatic rings. The van der Waals surface area contributed by atoms with Crippen LogP contribution in [0.4, 0.5) is 13.2 Å². The molecule has 10 heteroatoms. The molecule has 0 aliphatic rings. The summed E-state index contributed by atoms with van der Waals surface area (Å²) in [7, 11) is 1.45. The first-order valence-electron chi connectivity index (χ1n) is 7.45. The summed E-state index contributed by atoms with van der Waals surface area (Å²) in [4.78, 5) is 14.6. The average molecular weight is 369 g/mol. The Bertz CT molecular complexity index is 1000. The summed E-state index contributed by atoms with van der Waals surface area (Å²) in [5, 5.41) is 12.6. The van der Waals surface area contributed by atoms with Crippen molar-refractivity contribution in [2.24, 2.45) is 7.05 Å². The highest BCUT2D eigenvalue weighted by atomic mass is 19.4. The number of aliphatic carboxylic acids is 1. The van der Waals surface area contributed by atoms with Gasteiger partial charge in [-0.25, -0.2) is 9.48 Å². The number of nitrogens with zero attached hydrogens (tertiary/aromatic N) is 3. The maximum atomic E-state index is 13.6. The zero-order valence-electron chi connectivity index (χ0n) is 14.0. The van der Waals surface area contributed by atoms with E-state index in [2.05, 4.69) is 10.1 Å². The largest absolute Gasteiger partial charge is 0.479 e. The Balaban J connectivity index is 2.29. The van der Waals surface area contributed by atoms with Gasteiger partial charge in [0.15, 0.2) is 12.3 Å². The third-order valence-corrected chi connectivity index (χ3v) is 3.72. The van der Waals surface area contributed by atoms with E-state index in [-0.39, 0.29) is 16.7 Å². The summed E-state index contributed by atoms with van der Waals surface area (Å²) in [6, 6.07) is 2.28. The molecule has 3 heterocycles. The Morgan fingerprint density at radius 1 is 1.35 bits per heavy atom. The van der Waals surface area contributed by atoms with Crippen molar-refractivity contribution in [1.29, 1.82) is 0 Å². The Labute approximate surface area is 145 Å². The van der Waals surface area contributed by atoms with Crippen LogP contribution in [0.25, 0.3) is 22.3 Å². The standard InChI is InChI=1S/C16H14F3N3O4/c1-7-4-9(8(2)26-7)14-13-10(16(17,18)19)5-11(25-6-12(23)24)20-15(13)22(3)21-14/h4-5H,6H2,1-3H3,(H,23,24). The number of halogens is 3. The van der Waals surface area contributed by atoms with E-state index in [1.165, 1.54) is 11.7 Å². The second kappa shape index (κ2) is 6.04. The maximum absolute atomic E-state index is 13.6. The number of rotatable bonds is 4. The van der Waals surface area contributed by atoms with Crippen LogP contribution in [0.15, 0.2) is 16.5 Å². The predicted octanol–water partition coefficient (Wildman–Crippen LogP) is 3.33. The van der Waals surface area contributed by atoms with E-state index >= 15 is 0 Å². The van der Waals surface area contributed by atoms with Gasteiger partial charge >= 0.3 is 12.1 Å². The number of carboxylic acids is 1. The molecule has 3 aromatic heterocycles. The molecule has 138 valence electrons. The van der Waals surface area contributed by atoms with Crippen LogP contribution in [-0.4, -0.2) is 32.4 Å². The fourth-order valence-electron chi connectivity index (χ4n) is 2.71. The molecular formula is C16H14F3N3O4. The van der Waals surface area contributed by atoms with Crippen molar-refractivity contribution in [2.75, 3.05) is 6.61 Å². The lowest BCUT2D eigenvalue weighted by molar-refractivity contribution is -0.139. The minimum atomic E-state index is -4.72. The van der Waals surface area contributed by atoms with E-state index < -0.39 is 30.2 Å². The van der Waals surface area contributed by atoms with E-state index in [0.717, 1.165) is 0 Å². The van der Waals surface area contributed by atoms with Gasteiger partial charge in [0.1, 0.15) is 17.2 Å². The summed E-state index contributed by atoms with van der Waals surface area (Å²) < 4.78 is 52.4. The normalized spacial score (nSPS) is 11.9. The second-order valence-electron chi connectivity index (χ2n) is 5.69. The maximum Gasteiger partial charge on any atom is 0.417 e. The molecule has 0 bridgehead atoms. The van der Waals surface area contributed by atoms with E-state index in [0.29, 0.717) is 23.2 Å². The van der Waals surface area contributed by atoms with Crippen LogP contribution < -0.4 is 4.74 Å². The van der Waals surface area contributed by atoms with Crippen molar-refractivity contribution in [1.82, 2.24) is 14.8 Å². The van der Waals surface area contributed by atoms with Crippen LogP contribution in [-0.2, 0) is 18.0 Å². The summed E-state index contributed by atoms with van der Waals surface area (Å²) in [6.45, 7) is 2.51. The molecule has 0 aromatic carbocycles. The van der Waals surface area contributed by atoms with Gasteiger partial charge in [0.05, 0.1) is 10.9 Å². The predicted molar refractivity (Wildman–Crippen MR) is 83.8 cm³/mol. The molecule has 0 amide bonds. The highest BCUT2D eigenvalue weighted by molar-refractivity contribution is 5.95. The van der Waals surface area contributed by atoms with Crippen molar-refractivity contribution in [2.45, 2.75) is 20.0 Å². The highest BCUT2D eigenvalue weighted by Crippen LogP contribution is 2.41. The Morgan fingerprint density at radius 2 is 2.04 bits per heavy atom. The second-order valence-corrected chi connectivity index (χ2v) is 5.69. The van der Waals surface area contributed by atoms with Crippen LogP contribution in [0.1, 0.15) is 17.1 Å². The Kier molecular flexibility index (Phi) is 4.13. The first kappa shape index (κ1) is 17.8. The number of alkyl halides is 3. The van der Waals surface area contributed by atoms with Gasteiger partial charge in [-0.05, 0) is 19.9 Å². The molecule has 7 nitrogen and oxygen atoms in total. The van der Waals surface area contributed by atoms with Gasteiger partial charge in [-0.3, -0.25) is 0 Å². The van der Waals surface area contributed by atoms with Crippen LogP contribution in [0.3, 0.4) is 0 Å². The fraction of sp³-hybridized carbons (Fsp3) is 0.312. The zero-order chi connectivity index (χ0) is 19.2. The molecule has 0 aliphatic carbocycles. The summed E-state index contributed by atoms with van der Waals surface area (Å²) >= 11 is 0. The first-order chi connectivity index (χ1) is 12.1. The smallest absolute Gasteiger partial charge is 0.417 e. The fourth-order valence-corrected chi connectivity index (χ4v) is 2.71. The molecule has 0 saturated carbocycles. The van der Waals surface area contributed by atoms with Gasteiger partial charge in [0.2, 0.25) is 5.88 Å². The topological polar surface area (TPSA) is 90.4 Å². The van der Waals surface area contributed by atoms with Gasteiger partial charge in [0, 0.05) is 18.7 Å². The lowest BCUT2D eigenvalue weighted by Gasteiger charge is -2.11. The number of hydrogen-bond donors (Lipinski definition) is 1. The van der Waals surface area contributed by atoms with Gasteiger partial charge < -0.3 is 14.3 Å². The van der Waals surface area contributed by atoms with Crippen molar-refractivity contribution in [3.8, 4) is 17.1 Å². The number of aryl methyl sites for hydroxylation is 3. The monoisotopic (exact) mass is 369 g/mol. The number of hydrogen-bond acceptors (Lipinski definition) is 5. The van der Waals surface area contributed by atoms with Gasteiger partial charge in [-0.2, -0.15) is 23.3 Å². The molecular weight excluding hydrogens is 355 g/mol. The lowest BCUT2D eigenvalue weighted by Crippen LogP contribution is -2.12. The number of pyridine rings is 1. The van der Waals surface area contributed by atoms with E-state index in [1.54, 1.807) is 19.9 Å². The number of carbonyl (C=O) groups is 1. The molecule has 0 radical (unpaired) electrons. The Hall–Kier alpha value is -3.04. The van der Waals surface area contributed by atoms with Crippen molar-refractivity contribution < 1.29 is 32.2 Å². The molecule has 26 heavy (non-hydrogen) atoms. The number of carboxylic acid groups (broad SMARTS) is 1. The number of fused-ring (bicyclic) bond motifs is 1. The van der Waals surface area contributed by atoms with Gasteiger partial charge in [0.25, 0.3) is 0 Å². The molecule has 0 aliphatic heterocycles. The molecule has 0 spiro atoms. The van der Waals surface area contributed by atoms with Crippen LogP contribution in [0, 0.1) is 13.8 Å². The molecule has 0 saturated heterocycles. The molecule has 1 N–H and O–H groups in total. The molecule has 0 unspecified atom stereocenters. The van der Waals surface area contributed by atoms with Gasteiger partial charge in [-0.1, -0.05) is 0 Å². The highest BCUT2D eigenvalue weighted by Gasteiger charge is 2.37. The molecule has 0 atom stereocenters. The third kappa shape index (κ3) is 3.09. The summed E-state index contributed by atoms with van der Waals surface area (Å²) in [5.41, 5.74) is -0.571.